The van der Waals surface area contributed by atoms with Gasteiger partial charge in [0, 0.05) is 14.1 Å². The van der Waals surface area contributed by atoms with Gasteiger partial charge in [-0.05, 0) is 30.0 Å². The van der Waals surface area contributed by atoms with Gasteiger partial charge in [0.15, 0.2) is 0 Å². The number of aromatic nitrogens is 2. The number of rotatable bonds is 8. The third-order valence-electron chi connectivity index (χ3n) is 3.49. The van der Waals surface area contributed by atoms with E-state index in [9.17, 15) is 26.9 Å². The van der Waals surface area contributed by atoms with E-state index in [-0.39, 0.29) is 22.9 Å². The Morgan fingerprint density at radius 3 is 2.43 bits per heavy atom. The van der Waals surface area contributed by atoms with Crippen molar-refractivity contribution in [1.29, 1.82) is 0 Å². The second-order valence-corrected chi connectivity index (χ2v) is 9.51. The summed E-state index contributed by atoms with van der Waals surface area (Å²) < 4.78 is 59.6. The zero-order valence-corrected chi connectivity index (χ0v) is 17.1. The molecule has 1 aromatic carbocycles. The molecule has 0 atom stereocenters. The molecule has 0 unspecified atom stereocenters. The van der Waals surface area contributed by atoms with Crippen molar-refractivity contribution in [2.75, 3.05) is 25.4 Å². The molecule has 0 aliphatic heterocycles. The van der Waals surface area contributed by atoms with E-state index in [1.165, 1.54) is 33.3 Å². The van der Waals surface area contributed by atoms with Crippen LogP contribution in [0.2, 0.25) is 0 Å². The first kappa shape index (κ1) is 21.6. The van der Waals surface area contributed by atoms with Crippen molar-refractivity contribution in [3.63, 3.8) is 0 Å². The molecule has 1 N–H and O–H groups in total. The van der Waals surface area contributed by atoms with Crippen molar-refractivity contribution in [2.45, 2.75) is 16.7 Å². The standard InChI is InChI=1S/C14H19N5O7S2/c1-5-26-11-7-6-10(8-12(11)28(24,25)17(2)3)16-27(22,23)13-9-18(4)15-14(13)19(20)21/h6-9,16H,5H2,1-4H3. The average molecular weight is 433 g/mol. The lowest BCUT2D eigenvalue weighted by molar-refractivity contribution is -0.392. The van der Waals surface area contributed by atoms with Crippen LogP contribution in [0.4, 0.5) is 11.5 Å². The summed E-state index contributed by atoms with van der Waals surface area (Å²) in [6, 6.07) is 3.68. The molecule has 0 radical (unpaired) electrons. The van der Waals surface area contributed by atoms with E-state index in [0.717, 1.165) is 21.3 Å². The Hall–Kier alpha value is -2.71. The summed E-state index contributed by atoms with van der Waals surface area (Å²) in [6.45, 7) is 1.87. The van der Waals surface area contributed by atoms with E-state index in [2.05, 4.69) is 9.82 Å². The van der Waals surface area contributed by atoms with E-state index >= 15 is 0 Å². The van der Waals surface area contributed by atoms with Gasteiger partial charge in [-0.25, -0.2) is 21.1 Å². The number of nitrogens with one attached hydrogen (secondary N) is 1. The quantitative estimate of drug-likeness (QED) is 0.473. The van der Waals surface area contributed by atoms with Gasteiger partial charge >= 0.3 is 5.82 Å². The molecular weight excluding hydrogens is 414 g/mol. The van der Waals surface area contributed by atoms with Gasteiger partial charge in [0.1, 0.15) is 10.6 Å². The minimum absolute atomic E-state index is 0.0477. The molecule has 0 spiro atoms. The maximum Gasteiger partial charge on any atom is 0.410 e. The third-order valence-corrected chi connectivity index (χ3v) is 6.70. The SMILES string of the molecule is CCOc1ccc(NS(=O)(=O)c2cn(C)nc2[N+](=O)[O-])cc1S(=O)(=O)N(C)C. The number of nitrogens with zero attached hydrogens (tertiary/aromatic N) is 4. The highest BCUT2D eigenvalue weighted by atomic mass is 32.2. The molecule has 14 heteroatoms. The topological polar surface area (TPSA) is 154 Å². The summed E-state index contributed by atoms with van der Waals surface area (Å²) in [5.41, 5.74) is -0.109. The van der Waals surface area contributed by atoms with Gasteiger partial charge in [-0.2, -0.15) is 4.68 Å². The monoisotopic (exact) mass is 433 g/mol. The molecular formula is C14H19N5O7S2. The number of anilines is 1. The van der Waals surface area contributed by atoms with E-state index < -0.39 is 35.7 Å². The van der Waals surface area contributed by atoms with Crippen molar-refractivity contribution >= 4 is 31.6 Å². The van der Waals surface area contributed by atoms with Gasteiger partial charge in [0.2, 0.25) is 14.9 Å². The van der Waals surface area contributed by atoms with Crippen LogP contribution in [0.25, 0.3) is 0 Å². The third kappa shape index (κ3) is 4.23. The van der Waals surface area contributed by atoms with Crippen LogP contribution in [0, 0.1) is 10.1 Å². The molecule has 0 bridgehead atoms. The van der Waals surface area contributed by atoms with Crippen LogP contribution in [-0.2, 0) is 27.1 Å². The molecule has 0 amide bonds. The number of aryl methyl sites for hydroxylation is 1. The van der Waals surface area contributed by atoms with Crippen LogP contribution in [0.3, 0.4) is 0 Å². The van der Waals surface area contributed by atoms with E-state index in [1.807, 2.05) is 0 Å². The first-order chi connectivity index (χ1) is 12.9. The summed E-state index contributed by atoms with van der Waals surface area (Å²) in [7, 11) is -4.36. The maximum absolute atomic E-state index is 12.6. The lowest BCUT2D eigenvalue weighted by Gasteiger charge is -2.16. The van der Waals surface area contributed by atoms with Crippen LogP contribution < -0.4 is 9.46 Å². The highest BCUT2D eigenvalue weighted by Crippen LogP contribution is 2.31. The number of sulfonamides is 2. The van der Waals surface area contributed by atoms with Gasteiger partial charge in [-0.1, -0.05) is 0 Å². The second-order valence-electron chi connectivity index (χ2n) is 5.74. The highest BCUT2D eigenvalue weighted by molar-refractivity contribution is 7.93. The summed E-state index contributed by atoms with van der Waals surface area (Å²) in [5.74, 6) is -0.798. The van der Waals surface area contributed by atoms with E-state index in [1.54, 1.807) is 6.92 Å². The molecule has 1 aromatic heterocycles. The second kappa shape index (κ2) is 7.73. The van der Waals surface area contributed by atoms with Crippen LogP contribution in [-0.4, -0.2) is 56.5 Å². The molecule has 0 aliphatic carbocycles. The van der Waals surface area contributed by atoms with Gasteiger partial charge in [0.25, 0.3) is 10.0 Å². The predicted molar refractivity (Wildman–Crippen MR) is 99.2 cm³/mol. The zero-order chi connectivity index (χ0) is 21.3. The van der Waals surface area contributed by atoms with Gasteiger partial charge in [-0.15, -0.1) is 0 Å². The lowest BCUT2D eigenvalue weighted by Crippen LogP contribution is -2.23. The Balaban J connectivity index is 2.54. The predicted octanol–water partition coefficient (Wildman–Crippen LogP) is 0.778. The number of benzene rings is 1. The number of hydrogen-bond acceptors (Lipinski definition) is 8. The fourth-order valence-electron chi connectivity index (χ4n) is 2.23. The molecule has 1 heterocycles. The summed E-state index contributed by atoms with van der Waals surface area (Å²) in [4.78, 5) is 9.23. The van der Waals surface area contributed by atoms with E-state index in [4.69, 9.17) is 4.74 Å². The smallest absolute Gasteiger partial charge is 0.410 e. The summed E-state index contributed by atoms with van der Waals surface area (Å²) in [6.07, 6.45) is 0.979. The van der Waals surface area contributed by atoms with Crippen LogP contribution in [0.5, 0.6) is 5.75 Å². The molecule has 0 saturated carbocycles. The molecule has 12 nitrogen and oxygen atoms in total. The molecule has 0 aliphatic rings. The van der Waals surface area contributed by atoms with Gasteiger partial charge < -0.3 is 14.9 Å². The van der Waals surface area contributed by atoms with Gasteiger partial charge in [0.05, 0.1) is 30.6 Å². The first-order valence-corrected chi connectivity index (χ1v) is 10.7. The first-order valence-electron chi connectivity index (χ1n) is 7.80. The molecule has 154 valence electrons. The molecule has 2 rings (SSSR count). The maximum atomic E-state index is 12.6. The number of hydrogen-bond donors (Lipinski definition) is 1. The Morgan fingerprint density at radius 1 is 1.25 bits per heavy atom. The minimum Gasteiger partial charge on any atom is -0.492 e. The summed E-state index contributed by atoms with van der Waals surface area (Å²) in [5, 5.41) is 14.6. The van der Waals surface area contributed by atoms with Gasteiger partial charge in [-0.3, -0.25) is 4.72 Å². The van der Waals surface area contributed by atoms with Crippen molar-refractivity contribution in [3.05, 3.63) is 34.5 Å². The highest BCUT2D eigenvalue weighted by Gasteiger charge is 2.31. The summed E-state index contributed by atoms with van der Waals surface area (Å²) >= 11 is 0. The normalized spacial score (nSPS) is 12.2. The molecule has 0 saturated heterocycles. The van der Waals surface area contributed by atoms with Crippen molar-refractivity contribution in [1.82, 2.24) is 14.1 Å². The average Bonchev–Trinajstić information content (AvgIpc) is 2.99. The number of nitro groups is 1. The number of ether oxygens (including phenoxy) is 1. The van der Waals surface area contributed by atoms with Crippen molar-refractivity contribution in [2.24, 2.45) is 7.05 Å². The minimum atomic E-state index is -4.40. The molecule has 0 fully saturated rings. The largest absolute Gasteiger partial charge is 0.492 e. The van der Waals surface area contributed by atoms with Crippen LogP contribution in [0.1, 0.15) is 6.92 Å². The Morgan fingerprint density at radius 2 is 1.89 bits per heavy atom. The Bertz CT molecular complexity index is 1110. The lowest BCUT2D eigenvalue weighted by atomic mass is 10.3. The van der Waals surface area contributed by atoms with Crippen molar-refractivity contribution in [3.8, 4) is 5.75 Å². The molecule has 2 aromatic rings. The Labute approximate surface area is 162 Å². The zero-order valence-electron chi connectivity index (χ0n) is 15.5. The Kier molecular flexibility index (Phi) is 5.96. The molecule has 28 heavy (non-hydrogen) atoms. The van der Waals surface area contributed by atoms with Crippen LogP contribution in [0.15, 0.2) is 34.2 Å². The fraction of sp³-hybridized carbons (Fsp3) is 0.357. The van der Waals surface area contributed by atoms with Crippen LogP contribution >= 0.6 is 0 Å². The van der Waals surface area contributed by atoms with E-state index in [0.29, 0.717) is 0 Å². The fourth-order valence-corrected chi connectivity index (χ4v) is 4.47. The van der Waals surface area contributed by atoms with Crippen molar-refractivity contribution < 1.29 is 26.5 Å².